The molecule has 0 radical (unpaired) electrons. The number of esters is 1. The highest BCUT2D eigenvalue weighted by molar-refractivity contribution is 6.30. The Hall–Kier alpha value is -3.56. The van der Waals surface area contributed by atoms with Crippen LogP contribution in [0, 0.1) is 0 Å². The molecule has 0 saturated heterocycles. The molecule has 3 N–H and O–H groups in total. The molecule has 34 heavy (non-hydrogen) atoms. The van der Waals surface area contributed by atoms with E-state index in [1.54, 1.807) is 74.5 Å². The lowest BCUT2D eigenvalue weighted by atomic mass is 9.95. The highest BCUT2D eigenvalue weighted by Gasteiger charge is 2.34. The van der Waals surface area contributed by atoms with Gasteiger partial charge in [0.2, 0.25) is 5.91 Å². The minimum absolute atomic E-state index is 0.0196. The number of anilines is 1. The van der Waals surface area contributed by atoms with E-state index in [0.29, 0.717) is 27.7 Å². The van der Waals surface area contributed by atoms with Crippen LogP contribution in [0.15, 0.2) is 59.8 Å². The summed E-state index contributed by atoms with van der Waals surface area (Å²) < 4.78 is 10.4. The summed E-state index contributed by atoms with van der Waals surface area (Å²) in [7, 11) is 3.26. The predicted molar refractivity (Wildman–Crippen MR) is 129 cm³/mol. The van der Waals surface area contributed by atoms with Crippen LogP contribution in [0.25, 0.3) is 0 Å². The van der Waals surface area contributed by atoms with Crippen LogP contribution in [0.4, 0.5) is 10.5 Å². The number of hydrogen-bond acceptors (Lipinski definition) is 6. The van der Waals surface area contributed by atoms with Crippen molar-refractivity contribution in [1.82, 2.24) is 15.5 Å². The Balaban J connectivity index is 1.80. The molecular weight excluding hydrogens is 460 g/mol. The van der Waals surface area contributed by atoms with E-state index in [9.17, 15) is 14.4 Å². The molecule has 0 saturated carbocycles. The Morgan fingerprint density at radius 3 is 2.59 bits per heavy atom. The zero-order chi connectivity index (χ0) is 24.7. The van der Waals surface area contributed by atoms with Crippen molar-refractivity contribution in [2.24, 2.45) is 0 Å². The third-order valence-electron chi connectivity index (χ3n) is 5.05. The second-order valence-electron chi connectivity index (χ2n) is 7.65. The summed E-state index contributed by atoms with van der Waals surface area (Å²) in [5.41, 5.74) is 1.91. The third kappa shape index (κ3) is 6.49. The third-order valence-corrected chi connectivity index (χ3v) is 5.30. The van der Waals surface area contributed by atoms with Gasteiger partial charge in [0.1, 0.15) is 5.75 Å². The largest absolute Gasteiger partial charge is 0.497 e. The van der Waals surface area contributed by atoms with Gasteiger partial charge < -0.3 is 25.4 Å². The quantitative estimate of drug-likeness (QED) is 0.470. The van der Waals surface area contributed by atoms with E-state index in [1.807, 2.05) is 0 Å². The fourth-order valence-corrected chi connectivity index (χ4v) is 3.70. The van der Waals surface area contributed by atoms with Crippen LogP contribution in [0.3, 0.4) is 0 Å². The summed E-state index contributed by atoms with van der Waals surface area (Å²) in [6, 6.07) is 12.7. The Bertz CT molecular complexity index is 1090. The summed E-state index contributed by atoms with van der Waals surface area (Å²) in [4.78, 5) is 39.5. The van der Waals surface area contributed by atoms with E-state index in [1.165, 1.54) is 0 Å². The fourth-order valence-electron chi connectivity index (χ4n) is 3.57. The first kappa shape index (κ1) is 25.1. The highest BCUT2D eigenvalue weighted by atomic mass is 35.5. The van der Waals surface area contributed by atoms with Crippen molar-refractivity contribution in [3.63, 3.8) is 0 Å². The zero-order valence-electron chi connectivity index (χ0n) is 19.2. The number of rotatable bonds is 9. The number of carbonyl (C=O) groups is 3. The number of amides is 3. The number of methoxy groups -OCH3 is 1. The van der Waals surface area contributed by atoms with Crippen molar-refractivity contribution in [3.8, 4) is 5.75 Å². The van der Waals surface area contributed by atoms with Gasteiger partial charge in [0.05, 0.1) is 31.9 Å². The Labute approximate surface area is 203 Å². The molecule has 2 aromatic rings. The lowest BCUT2D eigenvalue weighted by Gasteiger charge is -2.31. The molecule has 1 unspecified atom stereocenters. The van der Waals surface area contributed by atoms with Gasteiger partial charge in [-0.2, -0.15) is 0 Å². The summed E-state index contributed by atoms with van der Waals surface area (Å²) in [5.74, 6) is -0.191. The van der Waals surface area contributed by atoms with Crippen molar-refractivity contribution in [1.29, 1.82) is 0 Å². The second-order valence-corrected chi connectivity index (χ2v) is 8.08. The normalized spacial score (nSPS) is 15.4. The molecule has 0 aromatic heterocycles. The number of benzene rings is 2. The first-order chi connectivity index (χ1) is 16.3. The first-order valence-electron chi connectivity index (χ1n) is 10.7. The molecule has 2 aromatic carbocycles. The molecule has 0 aliphatic carbocycles. The van der Waals surface area contributed by atoms with Crippen LogP contribution < -0.4 is 20.7 Å². The molecular formula is C24H27ClN4O5. The van der Waals surface area contributed by atoms with Gasteiger partial charge in [0.15, 0.2) is 0 Å². The summed E-state index contributed by atoms with van der Waals surface area (Å²) in [6.07, 6.45) is 0. The molecule has 3 amide bonds. The highest BCUT2D eigenvalue weighted by Crippen LogP contribution is 2.29. The van der Waals surface area contributed by atoms with Gasteiger partial charge in [-0.25, -0.2) is 9.59 Å². The number of carbonyl (C=O) groups excluding carboxylic acids is 3. The minimum Gasteiger partial charge on any atom is -0.497 e. The lowest BCUT2D eigenvalue weighted by molar-refractivity contribution is -0.139. The Kier molecular flexibility index (Phi) is 8.50. The molecule has 0 fully saturated rings. The molecule has 1 heterocycles. The standard InChI is InChI=1S/C24H27ClN4O5/c1-4-34-23(31)21-19(27-24(32)28-22(21)15-8-10-16(25)11-9-15)13-29(2)14-20(30)26-17-6-5-7-18(12-17)33-3/h5-12,22H,4,13-14H2,1-3H3,(H,26,30)(H2,27,28,32). The van der Waals surface area contributed by atoms with Crippen LogP contribution in [-0.2, 0) is 14.3 Å². The van der Waals surface area contributed by atoms with Gasteiger partial charge in [0.25, 0.3) is 0 Å². The summed E-state index contributed by atoms with van der Waals surface area (Å²) in [6.45, 7) is 2.04. The van der Waals surface area contributed by atoms with Crippen LogP contribution in [0.2, 0.25) is 5.02 Å². The minimum atomic E-state index is -0.723. The fraction of sp³-hybridized carbons (Fsp3) is 0.292. The molecule has 0 spiro atoms. The Morgan fingerprint density at radius 2 is 1.91 bits per heavy atom. The molecule has 3 rings (SSSR count). The average Bonchev–Trinajstić information content (AvgIpc) is 2.79. The van der Waals surface area contributed by atoms with Crippen molar-refractivity contribution in [2.45, 2.75) is 13.0 Å². The smallest absolute Gasteiger partial charge is 0.338 e. The van der Waals surface area contributed by atoms with E-state index >= 15 is 0 Å². The zero-order valence-corrected chi connectivity index (χ0v) is 19.9. The number of urea groups is 1. The van der Waals surface area contributed by atoms with E-state index in [-0.39, 0.29) is 31.2 Å². The van der Waals surface area contributed by atoms with Gasteiger partial charge in [-0.15, -0.1) is 0 Å². The first-order valence-corrected chi connectivity index (χ1v) is 11.0. The van der Waals surface area contributed by atoms with Crippen LogP contribution in [-0.4, -0.2) is 56.7 Å². The van der Waals surface area contributed by atoms with Gasteiger partial charge >= 0.3 is 12.0 Å². The van der Waals surface area contributed by atoms with Crippen molar-refractivity contribution in [3.05, 3.63) is 70.4 Å². The van der Waals surface area contributed by atoms with E-state index < -0.39 is 18.0 Å². The van der Waals surface area contributed by atoms with E-state index in [4.69, 9.17) is 21.1 Å². The van der Waals surface area contributed by atoms with Crippen LogP contribution in [0.1, 0.15) is 18.5 Å². The van der Waals surface area contributed by atoms with E-state index in [2.05, 4.69) is 16.0 Å². The summed E-state index contributed by atoms with van der Waals surface area (Å²) >= 11 is 5.99. The van der Waals surface area contributed by atoms with Crippen molar-refractivity contribution in [2.75, 3.05) is 39.2 Å². The molecule has 1 aliphatic rings. The maximum atomic E-state index is 12.9. The van der Waals surface area contributed by atoms with Crippen molar-refractivity contribution < 1.29 is 23.9 Å². The number of halogens is 1. The van der Waals surface area contributed by atoms with Gasteiger partial charge in [-0.3, -0.25) is 9.69 Å². The number of nitrogens with one attached hydrogen (secondary N) is 3. The van der Waals surface area contributed by atoms with Gasteiger partial charge in [-0.1, -0.05) is 29.8 Å². The Morgan fingerprint density at radius 1 is 1.18 bits per heavy atom. The van der Waals surface area contributed by atoms with Gasteiger partial charge in [0, 0.05) is 29.0 Å². The predicted octanol–water partition coefficient (Wildman–Crippen LogP) is 3.09. The lowest BCUT2D eigenvalue weighted by Crippen LogP contribution is -2.48. The summed E-state index contributed by atoms with van der Waals surface area (Å²) in [5, 5.41) is 8.81. The van der Waals surface area contributed by atoms with Gasteiger partial charge in [-0.05, 0) is 43.8 Å². The van der Waals surface area contributed by atoms with Crippen LogP contribution >= 0.6 is 11.6 Å². The number of nitrogens with zero attached hydrogens (tertiary/aromatic N) is 1. The average molecular weight is 487 g/mol. The SMILES string of the molecule is CCOC(=O)C1=C(CN(C)CC(=O)Nc2cccc(OC)c2)NC(=O)NC1c1ccc(Cl)cc1. The van der Waals surface area contributed by atoms with E-state index in [0.717, 1.165) is 0 Å². The number of hydrogen-bond donors (Lipinski definition) is 3. The van der Waals surface area contributed by atoms with Crippen molar-refractivity contribution >= 4 is 35.2 Å². The molecule has 1 atom stereocenters. The molecule has 0 bridgehead atoms. The maximum absolute atomic E-state index is 12.9. The monoisotopic (exact) mass is 486 g/mol. The molecule has 9 nitrogen and oxygen atoms in total. The van der Waals surface area contributed by atoms with Crippen LogP contribution in [0.5, 0.6) is 5.75 Å². The maximum Gasteiger partial charge on any atom is 0.338 e. The topological polar surface area (TPSA) is 109 Å². The molecule has 180 valence electrons. The molecule has 1 aliphatic heterocycles. The molecule has 10 heteroatoms. The second kappa shape index (κ2) is 11.5. The number of ether oxygens (including phenoxy) is 2. The number of likely N-dealkylation sites (N-methyl/N-ethyl adjacent to an activating group) is 1.